The molecule has 0 aliphatic carbocycles. The zero-order valence-electron chi connectivity index (χ0n) is 11.6. The second kappa shape index (κ2) is 6.87. The molecule has 4 heteroatoms. The lowest BCUT2D eigenvalue weighted by atomic mass is 10.1. The van der Waals surface area contributed by atoms with E-state index in [4.69, 9.17) is 27.9 Å². The van der Waals surface area contributed by atoms with Gasteiger partial charge in [0.15, 0.2) is 0 Å². The SMILES string of the molecule is COc1ccc(CN(C)c2ccc(Cl)cc2CCl)cc1. The van der Waals surface area contributed by atoms with Crippen LogP contribution >= 0.6 is 23.2 Å². The van der Waals surface area contributed by atoms with Crippen LogP contribution in [-0.4, -0.2) is 14.2 Å². The van der Waals surface area contributed by atoms with Crippen LogP contribution in [0.4, 0.5) is 5.69 Å². The van der Waals surface area contributed by atoms with E-state index in [2.05, 4.69) is 17.0 Å². The van der Waals surface area contributed by atoms with Gasteiger partial charge in [0.25, 0.3) is 0 Å². The van der Waals surface area contributed by atoms with Gasteiger partial charge in [-0.05, 0) is 41.5 Å². The zero-order valence-corrected chi connectivity index (χ0v) is 13.1. The van der Waals surface area contributed by atoms with E-state index in [1.165, 1.54) is 5.56 Å². The summed E-state index contributed by atoms with van der Waals surface area (Å²) < 4.78 is 5.16. The third-order valence-corrected chi connectivity index (χ3v) is 3.70. The predicted molar refractivity (Wildman–Crippen MR) is 86.1 cm³/mol. The van der Waals surface area contributed by atoms with Crippen molar-refractivity contribution in [3.63, 3.8) is 0 Å². The molecule has 2 aromatic rings. The van der Waals surface area contributed by atoms with Crippen LogP contribution < -0.4 is 9.64 Å². The average Bonchev–Trinajstić information content (AvgIpc) is 2.47. The van der Waals surface area contributed by atoms with Crippen LogP contribution in [0.3, 0.4) is 0 Å². The van der Waals surface area contributed by atoms with Crippen molar-refractivity contribution in [3.05, 3.63) is 58.6 Å². The molecule has 0 unspecified atom stereocenters. The summed E-state index contributed by atoms with van der Waals surface area (Å²) in [7, 11) is 3.71. The Hall–Kier alpha value is -1.38. The lowest BCUT2D eigenvalue weighted by Gasteiger charge is -2.22. The number of ether oxygens (including phenoxy) is 1. The first-order valence-electron chi connectivity index (χ1n) is 6.32. The summed E-state index contributed by atoms with van der Waals surface area (Å²) in [5, 5.41) is 0.710. The van der Waals surface area contributed by atoms with Gasteiger partial charge in [-0.2, -0.15) is 0 Å². The molecule has 0 aliphatic heterocycles. The van der Waals surface area contributed by atoms with Crippen molar-refractivity contribution >= 4 is 28.9 Å². The van der Waals surface area contributed by atoms with Crippen molar-refractivity contribution in [2.75, 3.05) is 19.1 Å². The van der Waals surface area contributed by atoms with E-state index in [9.17, 15) is 0 Å². The summed E-state index contributed by atoms with van der Waals surface area (Å²) in [6.45, 7) is 0.801. The first-order valence-corrected chi connectivity index (χ1v) is 7.23. The number of anilines is 1. The third-order valence-electron chi connectivity index (χ3n) is 3.18. The van der Waals surface area contributed by atoms with Crippen molar-refractivity contribution in [1.29, 1.82) is 0 Å². The van der Waals surface area contributed by atoms with Crippen molar-refractivity contribution in [3.8, 4) is 5.75 Å². The fourth-order valence-corrected chi connectivity index (χ4v) is 2.53. The van der Waals surface area contributed by atoms with Crippen molar-refractivity contribution in [2.45, 2.75) is 12.4 Å². The van der Waals surface area contributed by atoms with E-state index < -0.39 is 0 Å². The molecule has 0 radical (unpaired) electrons. The monoisotopic (exact) mass is 309 g/mol. The maximum Gasteiger partial charge on any atom is 0.118 e. The highest BCUT2D eigenvalue weighted by atomic mass is 35.5. The molecule has 0 aromatic heterocycles. The molecule has 0 atom stereocenters. The number of methoxy groups -OCH3 is 1. The Labute approximate surface area is 129 Å². The minimum Gasteiger partial charge on any atom is -0.497 e. The molecule has 0 heterocycles. The minimum absolute atomic E-state index is 0.447. The van der Waals surface area contributed by atoms with E-state index in [1.807, 2.05) is 37.4 Å². The topological polar surface area (TPSA) is 12.5 Å². The second-order valence-electron chi connectivity index (χ2n) is 4.61. The summed E-state index contributed by atoms with van der Waals surface area (Å²) in [4.78, 5) is 2.16. The largest absolute Gasteiger partial charge is 0.497 e. The average molecular weight is 310 g/mol. The molecule has 0 spiro atoms. The molecule has 0 amide bonds. The maximum absolute atomic E-state index is 6.00. The van der Waals surface area contributed by atoms with Gasteiger partial charge in [0.1, 0.15) is 5.75 Å². The fraction of sp³-hybridized carbons (Fsp3) is 0.250. The molecule has 0 bridgehead atoms. The lowest BCUT2D eigenvalue weighted by molar-refractivity contribution is 0.414. The second-order valence-corrected chi connectivity index (χ2v) is 5.31. The Kier molecular flexibility index (Phi) is 5.16. The fourth-order valence-electron chi connectivity index (χ4n) is 2.12. The van der Waals surface area contributed by atoms with Crippen molar-refractivity contribution < 1.29 is 4.74 Å². The standard InChI is InChI=1S/C16H17Cl2NO/c1-19(11-12-3-6-15(20-2)7-4-12)16-8-5-14(18)9-13(16)10-17/h3-9H,10-11H2,1-2H3. The zero-order chi connectivity index (χ0) is 14.5. The molecule has 0 N–H and O–H groups in total. The highest BCUT2D eigenvalue weighted by Crippen LogP contribution is 2.26. The molecular formula is C16H17Cl2NO. The molecule has 0 aliphatic rings. The van der Waals surface area contributed by atoms with Crippen LogP contribution in [-0.2, 0) is 12.4 Å². The first kappa shape index (κ1) is 15.0. The molecule has 0 fully saturated rings. The lowest BCUT2D eigenvalue weighted by Crippen LogP contribution is -2.17. The van der Waals surface area contributed by atoms with Crippen LogP contribution in [0.15, 0.2) is 42.5 Å². The first-order chi connectivity index (χ1) is 9.63. The quantitative estimate of drug-likeness (QED) is 0.741. The van der Waals surface area contributed by atoms with Crippen LogP contribution in [0.1, 0.15) is 11.1 Å². The van der Waals surface area contributed by atoms with Gasteiger partial charge in [-0.15, -0.1) is 11.6 Å². The molecule has 2 aromatic carbocycles. The van der Waals surface area contributed by atoms with Crippen LogP contribution in [0.25, 0.3) is 0 Å². The van der Waals surface area contributed by atoms with E-state index in [1.54, 1.807) is 7.11 Å². The number of hydrogen-bond donors (Lipinski definition) is 0. The van der Waals surface area contributed by atoms with Crippen molar-refractivity contribution in [2.24, 2.45) is 0 Å². The van der Waals surface area contributed by atoms with Gasteiger partial charge in [-0.25, -0.2) is 0 Å². The Morgan fingerprint density at radius 3 is 2.40 bits per heavy atom. The van der Waals surface area contributed by atoms with Crippen LogP contribution in [0, 0.1) is 0 Å². The normalized spacial score (nSPS) is 10.4. The molecule has 0 saturated heterocycles. The van der Waals surface area contributed by atoms with Crippen molar-refractivity contribution in [1.82, 2.24) is 0 Å². The van der Waals surface area contributed by atoms with Gasteiger partial charge in [-0.1, -0.05) is 23.7 Å². The summed E-state index contributed by atoms with van der Waals surface area (Å²) >= 11 is 12.0. The van der Waals surface area contributed by atoms with E-state index in [0.717, 1.165) is 23.5 Å². The number of alkyl halides is 1. The third kappa shape index (κ3) is 3.59. The van der Waals surface area contributed by atoms with E-state index >= 15 is 0 Å². The Bertz CT molecular complexity index is 569. The molecular weight excluding hydrogens is 293 g/mol. The Morgan fingerprint density at radius 1 is 1.10 bits per heavy atom. The van der Waals surface area contributed by atoms with Crippen LogP contribution in [0.5, 0.6) is 5.75 Å². The summed E-state index contributed by atoms with van der Waals surface area (Å²) in [6, 6.07) is 13.9. The maximum atomic E-state index is 6.00. The molecule has 106 valence electrons. The molecule has 2 nitrogen and oxygen atoms in total. The Morgan fingerprint density at radius 2 is 1.80 bits per heavy atom. The summed E-state index contributed by atoms with van der Waals surface area (Å²) in [5.41, 5.74) is 3.35. The van der Waals surface area contributed by atoms with E-state index in [-0.39, 0.29) is 0 Å². The van der Waals surface area contributed by atoms with Gasteiger partial charge in [0.05, 0.1) is 7.11 Å². The molecule has 20 heavy (non-hydrogen) atoms. The van der Waals surface area contributed by atoms with Crippen LogP contribution in [0.2, 0.25) is 5.02 Å². The van der Waals surface area contributed by atoms with E-state index in [0.29, 0.717) is 10.9 Å². The minimum atomic E-state index is 0.447. The smallest absolute Gasteiger partial charge is 0.118 e. The van der Waals surface area contributed by atoms with Gasteiger partial charge >= 0.3 is 0 Å². The molecule has 0 saturated carbocycles. The highest BCUT2D eigenvalue weighted by molar-refractivity contribution is 6.30. The number of hydrogen-bond acceptors (Lipinski definition) is 2. The number of benzene rings is 2. The van der Waals surface area contributed by atoms with Gasteiger partial charge in [-0.3, -0.25) is 0 Å². The molecule has 2 rings (SSSR count). The van der Waals surface area contributed by atoms with Gasteiger partial charge in [0.2, 0.25) is 0 Å². The summed E-state index contributed by atoms with van der Waals surface area (Å²) in [5.74, 6) is 1.31. The Balaban J connectivity index is 2.16. The van der Waals surface area contributed by atoms with Gasteiger partial charge in [0, 0.05) is 30.2 Å². The summed E-state index contributed by atoms with van der Waals surface area (Å²) in [6.07, 6.45) is 0. The number of rotatable bonds is 5. The number of halogens is 2. The highest BCUT2D eigenvalue weighted by Gasteiger charge is 2.08. The van der Waals surface area contributed by atoms with Gasteiger partial charge < -0.3 is 9.64 Å². The predicted octanol–water partition coefficient (Wildman–Crippen LogP) is 4.72. The number of nitrogens with zero attached hydrogens (tertiary/aromatic N) is 1.